The minimum absolute atomic E-state index is 0.579. The molecule has 0 fully saturated rings. The molecule has 0 atom stereocenters. The van der Waals surface area contributed by atoms with Crippen LogP contribution in [0.2, 0.25) is 0 Å². The summed E-state index contributed by atoms with van der Waals surface area (Å²) in [6.45, 7) is 0.579. The van der Waals surface area contributed by atoms with Gasteiger partial charge in [0.15, 0.2) is 6.20 Å². The average molecular weight is 300 g/mol. The van der Waals surface area contributed by atoms with Crippen molar-refractivity contribution in [3.05, 3.63) is 84.6 Å². The van der Waals surface area contributed by atoms with Crippen molar-refractivity contribution in [1.82, 2.24) is 0 Å². The van der Waals surface area contributed by atoms with Gasteiger partial charge in [-0.25, -0.2) is 4.57 Å². The van der Waals surface area contributed by atoms with Crippen LogP contribution in [0.5, 0.6) is 5.75 Å². The summed E-state index contributed by atoms with van der Waals surface area (Å²) in [6, 6.07) is 25.2. The van der Waals surface area contributed by atoms with E-state index in [1.54, 1.807) is 0 Å². The number of aromatic nitrogens is 1. The Morgan fingerprint density at radius 2 is 1.61 bits per heavy atom. The first-order chi connectivity index (χ1) is 11.3. The first kappa shape index (κ1) is 13.8. The number of hydrogen-bond acceptors (Lipinski definition) is 1. The zero-order valence-corrected chi connectivity index (χ0v) is 13.1. The van der Waals surface area contributed by atoms with Crippen LogP contribution in [0.4, 0.5) is 0 Å². The molecule has 0 amide bonds. The van der Waals surface area contributed by atoms with Gasteiger partial charge in [0, 0.05) is 12.1 Å². The Balaban J connectivity index is 1.58. The van der Waals surface area contributed by atoms with Crippen molar-refractivity contribution in [2.24, 2.45) is 7.05 Å². The number of fused-ring (bicyclic) bond motifs is 2. The van der Waals surface area contributed by atoms with E-state index >= 15 is 0 Å². The molecule has 4 rings (SSSR count). The van der Waals surface area contributed by atoms with E-state index in [1.165, 1.54) is 27.2 Å². The molecule has 0 radical (unpaired) electrons. The molecule has 0 saturated carbocycles. The molecule has 0 unspecified atom stereocenters. The van der Waals surface area contributed by atoms with Gasteiger partial charge >= 0.3 is 0 Å². The molecule has 0 bridgehead atoms. The lowest BCUT2D eigenvalue weighted by atomic mass is 10.1. The van der Waals surface area contributed by atoms with Gasteiger partial charge in [0.1, 0.15) is 19.4 Å². The third-order valence-electron chi connectivity index (χ3n) is 4.18. The van der Waals surface area contributed by atoms with E-state index in [0.29, 0.717) is 6.61 Å². The summed E-state index contributed by atoms with van der Waals surface area (Å²) >= 11 is 0. The van der Waals surface area contributed by atoms with Crippen LogP contribution in [0.1, 0.15) is 5.56 Å². The fourth-order valence-corrected chi connectivity index (χ4v) is 2.93. The van der Waals surface area contributed by atoms with Crippen LogP contribution in [0.15, 0.2) is 79.0 Å². The number of benzene rings is 3. The molecule has 2 heteroatoms. The number of rotatable bonds is 3. The highest BCUT2D eigenvalue weighted by molar-refractivity contribution is 5.83. The van der Waals surface area contributed by atoms with Crippen molar-refractivity contribution in [3.63, 3.8) is 0 Å². The van der Waals surface area contributed by atoms with Crippen LogP contribution in [0.25, 0.3) is 21.7 Å². The van der Waals surface area contributed by atoms with Crippen LogP contribution < -0.4 is 9.30 Å². The van der Waals surface area contributed by atoms with Crippen molar-refractivity contribution >= 4 is 21.7 Å². The SMILES string of the molecule is C[n+]1cccc2cc(OCc3ccc4ccccc4c3)ccc21. The third-order valence-corrected chi connectivity index (χ3v) is 4.18. The lowest BCUT2D eigenvalue weighted by molar-refractivity contribution is -0.644. The second kappa shape index (κ2) is 5.73. The van der Waals surface area contributed by atoms with Gasteiger partial charge in [-0.1, -0.05) is 36.4 Å². The summed E-state index contributed by atoms with van der Waals surface area (Å²) in [5.41, 5.74) is 2.38. The van der Waals surface area contributed by atoms with E-state index in [1.807, 2.05) is 6.07 Å². The van der Waals surface area contributed by atoms with E-state index in [2.05, 4.69) is 84.5 Å². The Morgan fingerprint density at radius 3 is 2.52 bits per heavy atom. The van der Waals surface area contributed by atoms with E-state index in [-0.39, 0.29) is 0 Å². The summed E-state index contributed by atoms with van der Waals surface area (Å²) in [5, 5.41) is 3.69. The molecule has 0 aliphatic heterocycles. The molecule has 1 heterocycles. The first-order valence-electron chi connectivity index (χ1n) is 7.78. The topological polar surface area (TPSA) is 13.1 Å². The fourth-order valence-electron chi connectivity index (χ4n) is 2.93. The minimum atomic E-state index is 0.579. The van der Waals surface area contributed by atoms with E-state index < -0.39 is 0 Å². The lowest BCUT2D eigenvalue weighted by Crippen LogP contribution is -2.27. The molecule has 2 nitrogen and oxygen atoms in total. The molecule has 0 aliphatic rings. The maximum atomic E-state index is 5.98. The monoisotopic (exact) mass is 300 g/mol. The van der Waals surface area contributed by atoms with Gasteiger partial charge in [0.25, 0.3) is 0 Å². The normalized spacial score (nSPS) is 11.0. The van der Waals surface area contributed by atoms with E-state index in [4.69, 9.17) is 4.74 Å². The van der Waals surface area contributed by atoms with Crippen molar-refractivity contribution in [1.29, 1.82) is 0 Å². The predicted molar refractivity (Wildman–Crippen MR) is 93.4 cm³/mol. The molecule has 4 aromatic rings. The highest BCUT2D eigenvalue weighted by Gasteiger charge is 2.05. The van der Waals surface area contributed by atoms with Crippen LogP contribution in [-0.4, -0.2) is 0 Å². The number of hydrogen-bond donors (Lipinski definition) is 0. The third kappa shape index (κ3) is 2.76. The van der Waals surface area contributed by atoms with Crippen molar-refractivity contribution < 1.29 is 9.30 Å². The Hall–Kier alpha value is -2.87. The molecule has 3 aromatic carbocycles. The minimum Gasteiger partial charge on any atom is -0.489 e. The Labute approximate surface area is 135 Å². The van der Waals surface area contributed by atoms with Gasteiger partial charge in [0.05, 0.1) is 5.39 Å². The number of nitrogens with zero attached hydrogens (tertiary/aromatic N) is 1. The number of aryl methyl sites for hydroxylation is 1. The van der Waals surface area contributed by atoms with E-state index in [9.17, 15) is 0 Å². The van der Waals surface area contributed by atoms with Crippen LogP contribution in [0.3, 0.4) is 0 Å². The highest BCUT2D eigenvalue weighted by atomic mass is 16.5. The molecular formula is C21H18NO+. The van der Waals surface area contributed by atoms with Crippen molar-refractivity contribution in [3.8, 4) is 5.75 Å². The zero-order valence-electron chi connectivity index (χ0n) is 13.1. The second-order valence-corrected chi connectivity index (χ2v) is 5.81. The van der Waals surface area contributed by atoms with E-state index in [0.717, 1.165) is 5.75 Å². The second-order valence-electron chi connectivity index (χ2n) is 5.81. The molecule has 112 valence electrons. The van der Waals surface area contributed by atoms with Gasteiger partial charge in [-0.2, -0.15) is 0 Å². The molecule has 0 saturated heterocycles. The Morgan fingerprint density at radius 1 is 0.783 bits per heavy atom. The predicted octanol–water partition coefficient (Wildman–Crippen LogP) is 4.40. The van der Waals surface area contributed by atoms with Crippen LogP contribution in [0, 0.1) is 0 Å². The van der Waals surface area contributed by atoms with Gasteiger partial charge in [-0.05, 0) is 40.6 Å². The highest BCUT2D eigenvalue weighted by Crippen LogP contribution is 2.21. The lowest BCUT2D eigenvalue weighted by Gasteiger charge is -2.08. The molecule has 23 heavy (non-hydrogen) atoms. The Kier molecular flexibility index (Phi) is 3.43. The van der Waals surface area contributed by atoms with Gasteiger partial charge in [-0.15, -0.1) is 0 Å². The number of ether oxygens (including phenoxy) is 1. The Bertz CT molecular complexity index is 991. The molecule has 1 aromatic heterocycles. The first-order valence-corrected chi connectivity index (χ1v) is 7.78. The maximum Gasteiger partial charge on any atom is 0.212 e. The van der Waals surface area contributed by atoms with Gasteiger partial charge in [-0.3, -0.25) is 0 Å². The average Bonchev–Trinajstić information content (AvgIpc) is 2.60. The smallest absolute Gasteiger partial charge is 0.212 e. The number of pyridine rings is 1. The van der Waals surface area contributed by atoms with Gasteiger partial charge in [0.2, 0.25) is 5.52 Å². The summed E-state index contributed by atoms with van der Waals surface area (Å²) in [4.78, 5) is 0. The molecular weight excluding hydrogens is 282 g/mol. The summed E-state index contributed by atoms with van der Waals surface area (Å²) in [6.07, 6.45) is 2.05. The quantitative estimate of drug-likeness (QED) is 0.511. The van der Waals surface area contributed by atoms with Crippen molar-refractivity contribution in [2.75, 3.05) is 0 Å². The summed E-state index contributed by atoms with van der Waals surface area (Å²) in [7, 11) is 2.05. The fraction of sp³-hybridized carbons (Fsp3) is 0.0952. The largest absolute Gasteiger partial charge is 0.489 e. The summed E-state index contributed by atoms with van der Waals surface area (Å²) in [5.74, 6) is 0.900. The standard InChI is InChI=1S/C21H18NO/c1-22-12-4-7-19-14-20(10-11-21(19)22)23-15-16-8-9-17-5-2-3-6-18(17)13-16/h2-14H,15H2,1H3/q+1. The zero-order chi connectivity index (χ0) is 15.6. The molecule has 0 aliphatic carbocycles. The summed E-state index contributed by atoms with van der Waals surface area (Å²) < 4.78 is 8.09. The maximum absolute atomic E-state index is 5.98. The molecule has 0 N–H and O–H groups in total. The van der Waals surface area contributed by atoms with Crippen LogP contribution >= 0.6 is 0 Å². The van der Waals surface area contributed by atoms with Gasteiger partial charge < -0.3 is 4.74 Å². The molecule has 0 spiro atoms. The van der Waals surface area contributed by atoms with Crippen LogP contribution in [-0.2, 0) is 13.7 Å². The van der Waals surface area contributed by atoms with Crippen molar-refractivity contribution in [2.45, 2.75) is 6.61 Å².